The molecule has 1 unspecified atom stereocenters. The second kappa shape index (κ2) is 12.9. The first-order valence-electron chi connectivity index (χ1n) is 7.06. The summed E-state index contributed by atoms with van der Waals surface area (Å²) in [7, 11) is 0. The quantitative estimate of drug-likeness (QED) is 0.254. The van der Waals surface area contributed by atoms with Gasteiger partial charge in [-0.05, 0) is 12.8 Å². The Morgan fingerprint density at radius 2 is 1.81 bits per heavy atom. The van der Waals surface area contributed by atoms with Gasteiger partial charge in [0.15, 0.2) is 5.96 Å². The Kier molecular flexibility index (Phi) is 13.8. The van der Waals surface area contributed by atoms with Crippen molar-refractivity contribution in [2.24, 2.45) is 16.6 Å². The number of nitrogens with two attached hydrogens (primary N) is 1. The van der Waals surface area contributed by atoms with Crippen molar-refractivity contribution in [1.82, 2.24) is 10.2 Å². The van der Waals surface area contributed by atoms with E-state index < -0.39 is 0 Å². The van der Waals surface area contributed by atoms with Gasteiger partial charge in [-0.2, -0.15) is 0 Å². The summed E-state index contributed by atoms with van der Waals surface area (Å²) < 4.78 is 0. The van der Waals surface area contributed by atoms with Gasteiger partial charge in [0, 0.05) is 25.7 Å². The van der Waals surface area contributed by atoms with Crippen LogP contribution in [0.1, 0.15) is 20.8 Å². The van der Waals surface area contributed by atoms with Crippen LogP contribution in [0.25, 0.3) is 0 Å². The Balaban J connectivity index is 0. The molecule has 0 aromatic heterocycles. The average molecular weight is 406 g/mol. The van der Waals surface area contributed by atoms with E-state index in [4.69, 9.17) is 5.73 Å². The molecule has 0 aliphatic carbocycles. The minimum Gasteiger partial charge on any atom is -0.370 e. The lowest BCUT2D eigenvalue weighted by Crippen LogP contribution is -2.42. The third-order valence-electron chi connectivity index (χ3n) is 2.99. The largest absolute Gasteiger partial charge is 0.370 e. The van der Waals surface area contributed by atoms with Gasteiger partial charge in [-0.25, -0.2) is 0 Å². The smallest absolute Gasteiger partial charge is 0.188 e. The zero-order valence-corrected chi connectivity index (χ0v) is 16.0. The minimum atomic E-state index is 0. The maximum absolute atomic E-state index is 5.86. The number of halogens is 1. The maximum atomic E-state index is 5.86. The highest BCUT2D eigenvalue weighted by molar-refractivity contribution is 14.0. The summed E-state index contributed by atoms with van der Waals surface area (Å²) in [6.07, 6.45) is 3.82. The van der Waals surface area contributed by atoms with E-state index in [0.717, 1.165) is 18.7 Å². The molecule has 0 spiro atoms. The number of guanidine groups is 1. The summed E-state index contributed by atoms with van der Waals surface area (Å²) >= 11 is 0. The highest BCUT2D eigenvalue weighted by Crippen LogP contribution is 2.11. The summed E-state index contributed by atoms with van der Waals surface area (Å²) in [5.74, 6) is 0.948. The summed E-state index contributed by atoms with van der Waals surface area (Å²) in [6.45, 7) is 20.7. The van der Waals surface area contributed by atoms with Crippen molar-refractivity contribution < 1.29 is 0 Å². The fourth-order valence-electron chi connectivity index (χ4n) is 1.91. The van der Waals surface area contributed by atoms with Crippen LogP contribution in [0.5, 0.6) is 0 Å². The number of aliphatic imine (C=N–C) groups is 1. The van der Waals surface area contributed by atoms with Crippen LogP contribution in [0, 0.1) is 5.92 Å². The first-order valence-corrected chi connectivity index (χ1v) is 7.06. The number of hydrogen-bond acceptors (Lipinski definition) is 2. The van der Waals surface area contributed by atoms with Gasteiger partial charge < -0.3 is 11.1 Å². The van der Waals surface area contributed by atoms with Crippen molar-refractivity contribution in [3.8, 4) is 0 Å². The van der Waals surface area contributed by atoms with E-state index in [2.05, 4.69) is 48.8 Å². The van der Waals surface area contributed by atoms with Crippen LogP contribution in [0.15, 0.2) is 42.5 Å². The second-order valence-corrected chi connectivity index (χ2v) is 5.38. The molecule has 21 heavy (non-hydrogen) atoms. The van der Waals surface area contributed by atoms with E-state index in [9.17, 15) is 0 Å². The van der Waals surface area contributed by atoms with Crippen LogP contribution < -0.4 is 11.1 Å². The molecule has 3 N–H and O–H groups in total. The van der Waals surface area contributed by atoms with Gasteiger partial charge in [0.1, 0.15) is 0 Å². The molecule has 0 amide bonds. The van der Waals surface area contributed by atoms with E-state index in [1.54, 1.807) is 0 Å². The fourth-order valence-corrected chi connectivity index (χ4v) is 1.91. The van der Waals surface area contributed by atoms with Crippen LogP contribution in [0.2, 0.25) is 0 Å². The summed E-state index contributed by atoms with van der Waals surface area (Å²) in [5, 5.41) is 3.05. The van der Waals surface area contributed by atoms with Crippen LogP contribution in [-0.4, -0.2) is 43.1 Å². The van der Waals surface area contributed by atoms with Gasteiger partial charge in [0.05, 0.1) is 6.54 Å². The maximum Gasteiger partial charge on any atom is 0.188 e. The van der Waals surface area contributed by atoms with Gasteiger partial charge in [-0.15, -0.1) is 37.1 Å². The molecule has 0 heterocycles. The summed E-state index contributed by atoms with van der Waals surface area (Å²) in [4.78, 5) is 6.74. The van der Waals surface area contributed by atoms with Crippen molar-refractivity contribution in [2.75, 3.05) is 26.2 Å². The highest BCUT2D eigenvalue weighted by Gasteiger charge is 2.19. The van der Waals surface area contributed by atoms with Gasteiger partial charge >= 0.3 is 0 Å². The highest BCUT2D eigenvalue weighted by atomic mass is 127. The summed E-state index contributed by atoms with van der Waals surface area (Å²) in [6, 6.07) is 0.316. The standard InChI is InChI=1S/C16H30N4.HI/c1-7-9-20(10-8-2)15(14(5)6)12-19-16(17)18-11-13(3)4;/h7-8,14-15H,1-3,9-12H2,4-6H3,(H3,17,18,19);1H. The van der Waals surface area contributed by atoms with Crippen molar-refractivity contribution in [1.29, 1.82) is 0 Å². The molecule has 1 atom stereocenters. The predicted molar refractivity (Wildman–Crippen MR) is 105 cm³/mol. The molecule has 0 fully saturated rings. The fraction of sp³-hybridized carbons (Fsp3) is 0.562. The Morgan fingerprint density at radius 1 is 1.29 bits per heavy atom. The molecule has 122 valence electrons. The van der Waals surface area contributed by atoms with Crippen LogP contribution in [-0.2, 0) is 0 Å². The molecular formula is C16H31IN4. The Hall–Kier alpha value is -0.820. The Labute approximate surface area is 147 Å². The van der Waals surface area contributed by atoms with Crippen LogP contribution in [0.3, 0.4) is 0 Å². The van der Waals surface area contributed by atoms with Crippen LogP contribution >= 0.6 is 24.0 Å². The molecule has 0 aromatic carbocycles. The SMILES string of the molecule is C=CCN(CC=C)C(CN=C(N)NCC(=C)C)C(C)C.I. The molecule has 0 aromatic rings. The third-order valence-corrected chi connectivity index (χ3v) is 2.99. The molecule has 4 nitrogen and oxygen atoms in total. The molecule has 0 saturated carbocycles. The second-order valence-electron chi connectivity index (χ2n) is 5.38. The molecule has 0 bridgehead atoms. The number of rotatable bonds is 10. The van der Waals surface area contributed by atoms with E-state index in [1.807, 2.05) is 19.1 Å². The topological polar surface area (TPSA) is 53.6 Å². The van der Waals surface area contributed by atoms with Crippen molar-refractivity contribution >= 4 is 29.9 Å². The molecule has 0 aliphatic heterocycles. The predicted octanol–water partition coefficient (Wildman–Crippen LogP) is 2.78. The van der Waals surface area contributed by atoms with Crippen molar-refractivity contribution in [2.45, 2.75) is 26.8 Å². The zero-order valence-electron chi connectivity index (χ0n) is 13.6. The number of nitrogens with one attached hydrogen (secondary N) is 1. The lowest BCUT2D eigenvalue weighted by Gasteiger charge is -2.31. The molecule has 0 radical (unpaired) electrons. The van der Waals surface area contributed by atoms with Gasteiger partial charge in [-0.1, -0.05) is 38.2 Å². The zero-order chi connectivity index (χ0) is 15.5. The molecule has 0 aliphatic rings. The van der Waals surface area contributed by atoms with E-state index in [0.29, 0.717) is 31.0 Å². The van der Waals surface area contributed by atoms with Crippen molar-refractivity contribution in [3.63, 3.8) is 0 Å². The molecule has 0 rings (SSSR count). The van der Waals surface area contributed by atoms with Gasteiger partial charge in [0.25, 0.3) is 0 Å². The molecule has 0 saturated heterocycles. The van der Waals surface area contributed by atoms with Gasteiger partial charge in [-0.3, -0.25) is 9.89 Å². The monoisotopic (exact) mass is 406 g/mol. The number of nitrogens with zero attached hydrogens (tertiary/aromatic N) is 2. The first kappa shape index (κ1) is 22.5. The van der Waals surface area contributed by atoms with Crippen LogP contribution in [0.4, 0.5) is 0 Å². The Bertz CT molecular complexity index is 340. The van der Waals surface area contributed by atoms with Gasteiger partial charge in [0.2, 0.25) is 0 Å². The minimum absolute atomic E-state index is 0. The summed E-state index contributed by atoms with van der Waals surface area (Å²) in [5.41, 5.74) is 6.89. The lowest BCUT2D eigenvalue weighted by atomic mass is 10.0. The van der Waals surface area contributed by atoms with Crippen molar-refractivity contribution in [3.05, 3.63) is 37.5 Å². The van der Waals surface area contributed by atoms with E-state index >= 15 is 0 Å². The normalized spacial score (nSPS) is 12.7. The first-order chi connectivity index (χ1) is 9.42. The number of hydrogen-bond donors (Lipinski definition) is 2. The lowest BCUT2D eigenvalue weighted by molar-refractivity contribution is 0.195. The Morgan fingerprint density at radius 3 is 2.19 bits per heavy atom. The molecular weight excluding hydrogens is 375 g/mol. The van der Waals surface area contributed by atoms with E-state index in [-0.39, 0.29) is 24.0 Å². The third kappa shape index (κ3) is 10.5. The average Bonchev–Trinajstić information content (AvgIpc) is 2.36. The molecule has 5 heteroatoms. The van der Waals surface area contributed by atoms with E-state index in [1.165, 1.54) is 0 Å².